The Hall–Kier alpha value is -1.94. The molecule has 0 amide bonds. The summed E-state index contributed by atoms with van der Waals surface area (Å²) in [5.41, 5.74) is 2.45. The quantitative estimate of drug-likeness (QED) is 0.718. The van der Waals surface area contributed by atoms with E-state index in [1.807, 2.05) is 12.1 Å². The van der Waals surface area contributed by atoms with E-state index in [4.69, 9.17) is 9.47 Å². The third-order valence-electron chi connectivity index (χ3n) is 3.96. The Labute approximate surface area is 138 Å². The van der Waals surface area contributed by atoms with Crippen molar-refractivity contribution in [2.24, 2.45) is 0 Å². The third-order valence-corrected chi connectivity index (χ3v) is 3.96. The molecule has 0 aromatic heterocycles. The molecule has 0 radical (unpaired) electrons. The van der Waals surface area contributed by atoms with Crippen molar-refractivity contribution in [2.75, 3.05) is 20.8 Å². The molecule has 0 fully saturated rings. The summed E-state index contributed by atoms with van der Waals surface area (Å²) in [5, 5.41) is 3.60. The van der Waals surface area contributed by atoms with E-state index in [9.17, 15) is 0 Å². The molecule has 0 saturated heterocycles. The Morgan fingerprint density at radius 2 is 1.43 bits per heavy atom. The van der Waals surface area contributed by atoms with Gasteiger partial charge in [-0.2, -0.15) is 0 Å². The van der Waals surface area contributed by atoms with Crippen LogP contribution in [0.1, 0.15) is 17.2 Å². The first-order valence-corrected chi connectivity index (χ1v) is 7.81. The van der Waals surface area contributed by atoms with Crippen molar-refractivity contribution in [2.45, 2.75) is 18.2 Å². The molecule has 2 aromatic carbocycles. The molecule has 23 heavy (non-hydrogen) atoms. The third kappa shape index (κ3) is 4.76. The maximum atomic E-state index is 5.56. The van der Waals surface area contributed by atoms with E-state index in [2.05, 4.69) is 60.4 Å². The molecule has 0 bridgehead atoms. The highest BCUT2D eigenvalue weighted by molar-refractivity contribution is 5.31. The lowest BCUT2D eigenvalue weighted by Crippen LogP contribution is -2.39. The van der Waals surface area contributed by atoms with Gasteiger partial charge >= 0.3 is 0 Å². The van der Waals surface area contributed by atoms with Crippen LogP contribution in [0.25, 0.3) is 0 Å². The van der Waals surface area contributed by atoms with Crippen molar-refractivity contribution in [1.82, 2.24) is 5.32 Å². The van der Waals surface area contributed by atoms with E-state index in [-0.39, 0.29) is 18.2 Å². The Kier molecular flexibility index (Phi) is 7.01. The van der Waals surface area contributed by atoms with Crippen LogP contribution in [0.5, 0.6) is 0 Å². The lowest BCUT2D eigenvalue weighted by atomic mass is 9.98. The molecule has 2 atom stereocenters. The summed E-state index contributed by atoms with van der Waals surface area (Å²) in [6.07, 6.45) is 1.54. The normalized spacial score (nSPS) is 13.7. The molecular formula is C20H25NO2. The van der Waals surface area contributed by atoms with Crippen LogP contribution in [-0.2, 0) is 9.47 Å². The molecule has 0 saturated carbocycles. The van der Waals surface area contributed by atoms with Crippen LogP contribution in [0.15, 0.2) is 73.3 Å². The van der Waals surface area contributed by atoms with Gasteiger partial charge in [0.05, 0.1) is 12.1 Å². The first kappa shape index (κ1) is 17.4. The minimum absolute atomic E-state index is 0.0903. The molecule has 2 rings (SSSR count). The van der Waals surface area contributed by atoms with Crippen LogP contribution in [0, 0.1) is 0 Å². The zero-order chi connectivity index (χ0) is 16.5. The molecular weight excluding hydrogens is 286 g/mol. The van der Waals surface area contributed by atoms with Gasteiger partial charge < -0.3 is 14.8 Å². The molecule has 0 aliphatic rings. The van der Waals surface area contributed by atoms with Crippen LogP contribution in [0.3, 0.4) is 0 Å². The first-order valence-electron chi connectivity index (χ1n) is 7.81. The molecule has 2 aromatic rings. The summed E-state index contributed by atoms with van der Waals surface area (Å²) in [6.45, 7) is 4.47. The van der Waals surface area contributed by atoms with Crippen LogP contribution >= 0.6 is 0 Å². The number of hydrogen-bond donors (Lipinski definition) is 1. The molecule has 0 aliphatic carbocycles. The van der Waals surface area contributed by atoms with Gasteiger partial charge in [0.1, 0.15) is 6.10 Å². The number of hydrogen-bond acceptors (Lipinski definition) is 3. The Bertz CT molecular complexity index is 531. The van der Waals surface area contributed by atoms with Gasteiger partial charge in [-0.15, -0.1) is 6.58 Å². The van der Waals surface area contributed by atoms with Crippen molar-refractivity contribution in [3.63, 3.8) is 0 Å². The average Bonchev–Trinajstić information content (AvgIpc) is 2.63. The van der Waals surface area contributed by atoms with Gasteiger partial charge in [-0.1, -0.05) is 66.7 Å². The summed E-state index contributed by atoms with van der Waals surface area (Å²) in [5.74, 6) is 0. The number of methoxy groups -OCH3 is 2. The average molecular weight is 311 g/mol. The molecule has 3 heteroatoms. The van der Waals surface area contributed by atoms with E-state index in [0.717, 1.165) is 0 Å². The van der Waals surface area contributed by atoms with Crippen LogP contribution in [0.2, 0.25) is 0 Å². The first-order chi connectivity index (χ1) is 11.3. The van der Waals surface area contributed by atoms with E-state index in [1.165, 1.54) is 11.1 Å². The smallest absolute Gasteiger partial charge is 0.102 e. The lowest BCUT2D eigenvalue weighted by Gasteiger charge is -2.26. The van der Waals surface area contributed by atoms with Crippen LogP contribution < -0.4 is 5.32 Å². The molecule has 1 N–H and O–H groups in total. The number of ether oxygens (including phenoxy) is 2. The fraction of sp³-hybridized carbons (Fsp3) is 0.300. The highest BCUT2D eigenvalue weighted by atomic mass is 16.5. The fourth-order valence-corrected chi connectivity index (χ4v) is 2.69. The molecule has 0 spiro atoms. The van der Waals surface area contributed by atoms with Crippen molar-refractivity contribution >= 4 is 0 Å². The second-order valence-electron chi connectivity index (χ2n) is 5.37. The standard InChI is InChI=1S/C20H25NO2/c1-4-18(22-2)19(23-3)15-21-20(16-11-7-5-8-12-16)17-13-9-6-10-14-17/h4-14,18-21H,1,15H2,2-3H3/t18-,19-/m0/s1. The van der Waals surface area contributed by atoms with E-state index in [1.54, 1.807) is 20.3 Å². The van der Waals surface area contributed by atoms with Gasteiger partial charge in [0, 0.05) is 20.8 Å². The number of nitrogens with one attached hydrogen (secondary N) is 1. The van der Waals surface area contributed by atoms with Gasteiger partial charge in [0.15, 0.2) is 0 Å². The molecule has 122 valence electrons. The van der Waals surface area contributed by atoms with Crippen molar-refractivity contribution in [3.8, 4) is 0 Å². The molecule has 3 nitrogen and oxygen atoms in total. The Morgan fingerprint density at radius 1 is 0.913 bits per heavy atom. The van der Waals surface area contributed by atoms with Crippen LogP contribution in [0.4, 0.5) is 0 Å². The molecule has 0 unspecified atom stereocenters. The van der Waals surface area contributed by atoms with E-state index >= 15 is 0 Å². The Morgan fingerprint density at radius 3 is 1.83 bits per heavy atom. The highest BCUT2D eigenvalue weighted by Crippen LogP contribution is 2.22. The second kappa shape index (κ2) is 9.26. The number of benzene rings is 2. The van der Waals surface area contributed by atoms with E-state index in [0.29, 0.717) is 6.54 Å². The molecule has 0 heterocycles. The van der Waals surface area contributed by atoms with Crippen molar-refractivity contribution < 1.29 is 9.47 Å². The minimum atomic E-state index is -0.139. The van der Waals surface area contributed by atoms with Gasteiger partial charge in [-0.05, 0) is 11.1 Å². The zero-order valence-electron chi connectivity index (χ0n) is 13.8. The monoisotopic (exact) mass is 311 g/mol. The summed E-state index contributed by atoms with van der Waals surface area (Å²) < 4.78 is 11.0. The molecule has 0 aliphatic heterocycles. The van der Waals surface area contributed by atoms with Gasteiger partial charge in [-0.25, -0.2) is 0 Å². The lowest BCUT2D eigenvalue weighted by molar-refractivity contribution is -0.0108. The topological polar surface area (TPSA) is 30.5 Å². The highest BCUT2D eigenvalue weighted by Gasteiger charge is 2.21. The van der Waals surface area contributed by atoms with Gasteiger partial charge in [0.25, 0.3) is 0 Å². The van der Waals surface area contributed by atoms with Gasteiger partial charge in [-0.3, -0.25) is 0 Å². The van der Waals surface area contributed by atoms with Crippen molar-refractivity contribution in [1.29, 1.82) is 0 Å². The summed E-state index contributed by atoms with van der Waals surface area (Å²) in [4.78, 5) is 0. The maximum Gasteiger partial charge on any atom is 0.102 e. The Balaban J connectivity index is 2.17. The largest absolute Gasteiger partial charge is 0.377 e. The zero-order valence-corrected chi connectivity index (χ0v) is 13.8. The maximum absolute atomic E-state index is 5.56. The van der Waals surface area contributed by atoms with E-state index < -0.39 is 0 Å². The minimum Gasteiger partial charge on any atom is -0.377 e. The SMILES string of the molecule is C=C[C@H](OC)[C@H](CNC(c1ccccc1)c1ccccc1)OC. The fourth-order valence-electron chi connectivity index (χ4n) is 2.69. The second-order valence-corrected chi connectivity index (χ2v) is 5.37. The summed E-state index contributed by atoms with van der Waals surface area (Å²) >= 11 is 0. The van der Waals surface area contributed by atoms with Crippen molar-refractivity contribution in [3.05, 3.63) is 84.4 Å². The predicted molar refractivity (Wildman–Crippen MR) is 94.5 cm³/mol. The predicted octanol–water partition coefficient (Wildman–Crippen LogP) is 3.58. The number of rotatable bonds is 9. The van der Waals surface area contributed by atoms with Crippen LogP contribution in [-0.4, -0.2) is 33.0 Å². The summed E-state index contributed by atoms with van der Waals surface area (Å²) in [7, 11) is 3.37. The summed E-state index contributed by atoms with van der Waals surface area (Å²) in [6, 6.07) is 20.9. The van der Waals surface area contributed by atoms with Gasteiger partial charge in [0.2, 0.25) is 0 Å².